The highest BCUT2D eigenvalue weighted by Crippen LogP contribution is 2.25. The van der Waals surface area contributed by atoms with Crippen LogP contribution in [0.15, 0.2) is 36.4 Å². The van der Waals surface area contributed by atoms with E-state index in [0.29, 0.717) is 5.56 Å². The Hall–Kier alpha value is -1.72. The first-order valence-corrected chi connectivity index (χ1v) is 5.42. The van der Waals surface area contributed by atoms with Gasteiger partial charge in [-0.3, -0.25) is 0 Å². The van der Waals surface area contributed by atoms with Crippen molar-refractivity contribution < 1.29 is 18.8 Å². The van der Waals surface area contributed by atoms with Crippen LogP contribution < -0.4 is 5.46 Å². The zero-order valence-electron chi connectivity index (χ0n) is 9.69. The number of benzene rings is 2. The second-order valence-electron chi connectivity index (χ2n) is 4.07. The summed E-state index contributed by atoms with van der Waals surface area (Å²) in [6, 6.07) is 8.75. The van der Waals surface area contributed by atoms with Crippen LogP contribution >= 0.6 is 0 Å². The molecule has 2 nitrogen and oxygen atoms in total. The van der Waals surface area contributed by atoms with E-state index in [-0.39, 0.29) is 11.0 Å². The van der Waals surface area contributed by atoms with Gasteiger partial charge in [0.2, 0.25) is 0 Å². The fourth-order valence-electron chi connectivity index (χ4n) is 1.83. The van der Waals surface area contributed by atoms with Crippen molar-refractivity contribution >= 4 is 12.6 Å². The van der Waals surface area contributed by atoms with Crippen molar-refractivity contribution in [1.82, 2.24) is 0 Å². The van der Waals surface area contributed by atoms with Crippen molar-refractivity contribution in [1.29, 1.82) is 0 Å². The molecule has 18 heavy (non-hydrogen) atoms. The van der Waals surface area contributed by atoms with E-state index in [1.165, 1.54) is 0 Å². The van der Waals surface area contributed by atoms with Crippen LogP contribution in [0.4, 0.5) is 8.78 Å². The molecule has 0 aromatic heterocycles. The zero-order chi connectivity index (χ0) is 13.3. The monoisotopic (exact) mass is 248 g/mol. The topological polar surface area (TPSA) is 40.5 Å². The average Bonchev–Trinajstić information content (AvgIpc) is 2.28. The Bertz CT molecular complexity index is 585. The molecule has 0 aliphatic heterocycles. The molecule has 0 radical (unpaired) electrons. The molecule has 0 saturated carbocycles. The molecule has 0 atom stereocenters. The van der Waals surface area contributed by atoms with Gasteiger partial charge in [-0.2, -0.15) is 0 Å². The first-order chi connectivity index (χ1) is 8.50. The highest BCUT2D eigenvalue weighted by atomic mass is 19.1. The molecule has 0 heterocycles. The Morgan fingerprint density at radius 1 is 1.06 bits per heavy atom. The fourth-order valence-corrected chi connectivity index (χ4v) is 1.83. The van der Waals surface area contributed by atoms with E-state index in [1.807, 2.05) is 13.0 Å². The van der Waals surface area contributed by atoms with Gasteiger partial charge in [-0.05, 0) is 18.6 Å². The quantitative estimate of drug-likeness (QED) is 0.793. The molecule has 0 amide bonds. The van der Waals surface area contributed by atoms with Gasteiger partial charge in [0.25, 0.3) is 0 Å². The van der Waals surface area contributed by atoms with E-state index >= 15 is 0 Å². The first-order valence-electron chi connectivity index (χ1n) is 5.42. The lowest BCUT2D eigenvalue weighted by atomic mass is 9.78. The molecule has 0 fully saturated rings. The van der Waals surface area contributed by atoms with Crippen LogP contribution in [0.3, 0.4) is 0 Å². The summed E-state index contributed by atoms with van der Waals surface area (Å²) in [7, 11) is -1.96. The predicted octanol–water partition coefficient (Wildman–Crippen LogP) is 1.62. The molecule has 0 saturated heterocycles. The second-order valence-corrected chi connectivity index (χ2v) is 4.07. The van der Waals surface area contributed by atoms with Gasteiger partial charge in [-0.1, -0.05) is 35.9 Å². The average molecular weight is 248 g/mol. The summed E-state index contributed by atoms with van der Waals surface area (Å²) in [5.74, 6) is -1.68. The van der Waals surface area contributed by atoms with E-state index in [0.717, 1.165) is 17.7 Å². The van der Waals surface area contributed by atoms with Crippen LogP contribution in [0, 0.1) is 18.6 Å². The summed E-state index contributed by atoms with van der Waals surface area (Å²) in [5, 5.41) is 18.0. The van der Waals surface area contributed by atoms with Crippen LogP contribution in [0.1, 0.15) is 5.56 Å². The summed E-state index contributed by atoms with van der Waals surface area (Å²) >= 11 is 0. The van der Waals surface area contributed by atoms with Crippen LogP contribution in [0.5, 0.6) is 0 Å². The van der Waals surface area contributed by atoms with Crippen molar-refractivity contribution in [3.63, 3.8) is 0 Å². The Labute approximate surface area is 104 Å². The van der Waals surface area contributed by atoms with Crippen molar-refractivity contribution in [2.45, 2.75) is 6.92 Å². The Morgan fingerprint density at radius 3 is 2.39 bits per heavy atom. The maximum Gasteiger partial charge on any atom is 0.491 e. The molecule has 5 heteroatoms. The van der Waals surface area contributed by atoms with Gasteiger partial charge in [-0.15, -0.1) is 0 Å². The highest BCUT2D eigenvalue weighted by Gasteiger charge is 2.22. The molecule has 0 spiro atoms. The van der Waals surface area contributed by atoms with Crippen LogP contribution in [0.2, 0.25) is 0 Å². The van der Waals surface area contributed by atoms with Crippen molar-refractivity contribution in [2.24, 2.45) is 0 Å². The number of hydrogen-bond acceptors (Lipinski definition) is 2. The van der Waals surface area contributed by atoms with Gasteiger partial charge < -0.3 is 10.0 Å². The standard InChI is InChI=1S/C13H11BF2O2/c1-8-3-2-4-9(7-8)12-11(15)6-5-10(13(12)16)14(17)18/h2-7,17-18H,1H3. The van der Waals surface area contributed by atoms with Gasteiger partial charge >= 0.3 is 7.12 Å². The summed E-state index contributed by atoms with van der Waals surface area (Å²) in [6.45, 7) is 1.81. The first kappa shape index (κ1) is 12.7. The number of rotatable bonds is 2. The van der Waals surface area contributed by atoms with Crippen LogP contribution in [0.25, 0.3) is 11.1 Å². The van der Waals surface area contributed by atoms with Crippen molar-refractivity contribution in [3.8, 4) is 11.1 Å². The van der Waals surface area contributed by atoms with Gasteiger partial charge in [-0.25, -0.2) is 8.78 Å². The molecule has 0 bridgehead atoms. The summed E-state index contributed by atoms with van der Waals surface area (Å²) in [5.41, 5.74) is 0.644. The fraction of sp³-hybridized carbons (Fsp3) is 0.0769. The lowest BCUT2D eigenvalue weighted by Gasteiger charge is -2.10. The molecule has 92 valence electrons. The van der Waals surface area contributed by atoms with Gasteiger partial charge in [0.1, 0.15) is 11.6 Å². The Morgan fingerprint density at radius 2 is 1.78 bits per heavy atom. The van der Waals surface area contributed by atoms with E-state index in [2.05, 4.69) is 0 Å². The van der Waals surface area contributed by atoms with E-state index in [9.17, 15) is 8.78 Å². The highest BCUT2D eigenvalue weighted by molar-refractivity contribution is 6.58. The lowest BCUT2D eigenvalue weighted by Crippen LogP contribution is -2.33. The minimum Gasteiger partial charge on any atom is -0.423 e. The lowest BCUT2D eigenvalue weighted by molar-refractivity contribution is 0.423. The molecular weight excluding hydrogens is 237 g/mol. The molecule has 0 aliphatic carbocycles. The molecule has 2 N–H and O–H groups in total. The van der Waals surface area contributed by atoms with Crippen molar-refractivity contribution in [2.75, 3.05) is 0 Å². The van der Waals surface area contributed by atoms with Gasteiger partial charge in [0.15, 0.2) is 0 Å². The summed E-state index contributed by atoms with van der Waals surface area (Å²) in [6.07, 6.45) is 0. The zero-order valence-corrected chi connectivity index (χ0v) is 9.69. The minimum absolute atomic E-state index is 0.246. The molecule has 0 aliphatic rings. The molecule has 2 rings (SSSR count). The van der Waals surface area contributed by atoms with Crippen LogP contribution in [-0.2, 0) is 0 Å². The molecule has 0 unspecified atom stereocenters. The smallest absolute Gasteiger partial charge is 0.423 e. The molecule has 2 aromatic carbocycles. The van der Waals surface area contributed by atoms with Crippen LogP contribution in [-0.4, -0.2) is 17.2 Å². The molecule has 2 aromatic rings. The maximum atomic E-state index is 14.0. The summed E-state index contributed by atoms with van der Waals surface area (Å²) < 4.78 is 27.7. The normalized spacial score (nSPS) is 10.5. The minimum atomic E-state index is -1.96. The molecular formula is C13H11BF2O2. The van der Waals surface area contributed by atoms with Gasteiger partial charge in [0, 0.05) is 5.46 Å². The van der Waals surface area contributed by atoms with E-state index < -0.39 is 18.8 Å². The summed E-state index contributed by atoms with van der Waals surface area (Å²) in [4.78, 5) is 0. The third-order valence-corrected chi connectivity index (χ3v) is 2.71. The SMILES string of the molecule is Cc1cccc(-c2c(F)ccc(B(O)O)c2F)c1. The third kappa shape index (κ3) is 2.28. The number of aryl methyl sites for hydroxylation is 1. The van der Waals surface area contributed by atoms with E-state index in [4.69, 9.17) is 10.0 Å². The third-order valence-electron chi connectivity index (χ3n) is 2.71. The largest absolute Gasteiger partial charge is 0.491 e. The maximum absolute atomic E-state index is 14.0. The van der Waals surface area contributed by atoms with Gasteiger partial charge in [0.05, 0.1) is 5.56 Å². The predicted molar refractivity (Wildman–Crippen MR) is 66.4 cm³/mol. The van der Waals surface area contributed by atoms with Crippen molar-refractivity contribution in [3.05, 3.63) is 53.6 Å². The Kier molecular flexibility index (Phi) is 3.45. The van der Waals surface area contributed by atoms with E-state index in [1.54, 1.807) is 18.2 Å². The second kappa shape index (κ2) is 4.88. The number of halogens is 2. The Balaban J connectivity index is 2.67. The number of hydrogen-bond donors (Lipinski definition) is 2.